The lowest BCUT2D eigenvalue weighted by Gasteiger charge is -2.25. The van der Waals surface area contributed by atoms with Crippen LogP contribution in [0, 0.1) is 0 Å². The van der Waals surface area contributed by atoms with Crippen molar-refractivity contribution in [2.45, 2.75) is 52.4 Å². The highest BCUT2D eigenvalue weighted by molar-refractivity contribution is 7.52. The Morgan fingerprint density at radius 1 is 1.25 bits per heavy atom. The van der Waals surface area contributed by atoms with Crippen molar-refractivity contribution in [1.82, 2.24) is 19.5 Å². The quantitative estimate of drug-likeness (QED) is 0.484. The maximum absolute atomic E-state index is 15.3. The number of nitrogens with two attached hydrogens (primary N) is 1. The van der Waals surface area contributed by atoms with Gasteiger partial charge in [-0.25, -0.2) is 13.8 Å². The number of hydrogen-bond acceptors (Lipinski definition) is 10. The van der Waals surface area contributed by atoms with Crippen molar-refractivity contribution >= 4 is 24.7 Å². The van der Waals surface area contributed by atoms with Gasteiger partial charge in [0.05, 0.1) is 12.9 Å². The van der Waals surface area contributed by atoms with E-state index in [1.165, 1.54) is 13.3 Å². The molecule has 2 aromatic heterocycles. The predicted octanol–water partition coefficient (Wildman–Crippen LogP) is 3.02. The Balaban J connectivity index is 0.00000118. The van der Waals surface area contributed by atoms with Gasteiger partial charge in [0, 0.05) is 19.9 Å². The van der Waals surface area contributed by atoms with E-state index in [4.69, 9.17) is 24.6 Å². The molecule has 2 aromatic rings. The molecule has 0 aromatic carbocycles. The van der Waals surface area contributed by atoms with Crippen LogP contribution in [0.4, 0.5) is 14.7 Å². The second-order valence-electron chi connectivity index (χ2n) is 7.47. The fourth-order valence-electron chi connectivity index (χ4n) is 2.10. The van der Waals surface area contributed by atoms with Crippen LogP contribution in [0.1, 0.15) is 34.6 Å². The first kappa shape index (κ1) is 28.1. The maximum atomic E-state index is 15.3. The van der Waals surface area contributed by atoms with E-state index < -0.39 is 32.5 Å². The first-order valence-corrected chi connectivity index (χ1v) is 11.7. The number of rotatable bonds is 10. The molecule has 0 saturated carbocycles. The van der Waals surface area contributed by atoms with E-state index >= 15 is 4.39 Å². The standard InChI is InChI=1S/C15H24F2N5O5P.C3H8O/c1-6-25-12-10-11(20-13(18)21-12)22(9-19-10)14(2,16)7-26-28(5,23)27-8-15(3,17)24-4;1-3(2)4/h9H,6-8H2,1-5H3,(H2,18,20,21);3-4H,1-2H3/t14-,15-,28+;/m0./s1. The summed E-state index contributed by atoms with van der Waals surface area (Å²) in [6.45, 7) is 7.55. The Bertz CT molecular complexity index is 922. The predicted molar refractivity (Wildman–Crippen MR) is 115 cm³/mol. The molecule has 0 aliphatic carbocycles. The summed E-state index contributed by atoms with van der Waals surface area (Å²) in [6, 6.07) is 0. The number of alkyl halides is 2. The lowest BCUT2D eigenvalue weighted by atomic mass is 10.3. The monoisotopic (exact) mass is 483 g/mol. The van der Waals surface area contributed by atoms with Gasteiger partial charge in [0.25, 0.3) is 0 Å². The molecule has 184 valence electrons. The van der Waals surface area contributed by atoms with E-state index in [-0.39, 0.29) is 29.1 Å². The molecule has 3 N–H and O–H groups in total. The maximum Gasteiger partial charge on any atom is 0.328 e. The van der Waals surface area contributed by atoms with Crippen LogP contribution in [0.3, 0.4) is 0 Å². The van der Waals surface area contributed by atoms with E-state index in [0.717, 1.165) is 25.3 Å². The van der Waals surface area contributed by atoms with E-state index in [2.05, 4.69) is 19.7 Å². The van der Waals surface area contributed by atoms with Crippen LogP contribution < -0.4 is 10.5 Å². The first-order valence-electron chi connectivity index (χ1n) is 9.75. The van der Waals surface area contributed by atoms with Gasteiger partial charge in [0.15, 0.2) is 11.2 Å². The molecule has 0 spiro atoms. The molecule has 0 amide bonds. The largest absolute Gasteiger partial charge is 0.476 e. The number of aliphatic hydroxyl groups is 1. The summed E-state index contributed by atoms with van der Waals surface area (Å²) >= 11 is 0. The number of hydrogen-bond donors (Lipinski definition) is 2. The van der Waals surface area contributed by atoms with E-state index in [9.17, 15) is 8.96 Å². The molecular weight excluding hydrogens is 451 g/mol. The summed E-state index contributed by atoms with van der Waals surface area (Å²) in [6.07, 6.45) is 1.01. The molecule has 0 aliphatic rings. The normalized spacial score (nSPS) is 17.2. The van der Waals surface area contributed by atoms with Crippen LogP contribution in [0.5, 0.6) is 5.88 Å². The highest BCUT2D eigenvalue weighted by Crippen LogP contribution is 2.46. The molecule has 0 bridgehead atoms. The van der Waals surface area contributed by atoms with Crippen molar-refractivity contribution in [3.05, 3.63) is 6.33 Å². The van der Waals surface area contributed by atoms with Gasteiger partial charge in [-0.1, -0.05) is 0 Å². The van der Waals surface area contributed by atoms with Crippen molar-refractivity contribution in [3.8, 4) is 5.88 Å². The van der Waals surface area contributed by atoms with Crippen LogP contribution in [0.15, 0.2) is 6.33 Å². The number of ether oxygens (including phenoxy) is 2. The number of halogens is 2. The molecule has 0 saturated heterocycles. The minimum absolute atomic E-state index is 0.0760. The van der Waals surface area contributed by atoms with Gasteiger partial charge in [0.1, 0.15) is 13.2 Å². The zero-order valence-corrected chi connectivity index (χ0v) is 20.2. The molecule has 0 radical (unpaired) electrons. The van der Waals surface area contributed by atoms with Gasteiger partial charge in [-0.05, 0) is 34.6 Å². The third-order valence-corrected chi connectivity index (χ3v) is 4.91. The smallest absolute Gasteiger partial charge is 0.328 e. The highest BCUT2D eigenvalue weighted by Gasteiger charge is 2.34. The molecule has 0 fully saturated rings. The third-order valence-electron chi connectivity index (χ3n) is 3.71. The second kappa shape index (κ2) is 11.3. The van der Waals surface area contributed by atoms with Gasteiger partial charge in [-0.3, -0.25) is 9.13 Å². The number of fused-ring (bicyclic) bond motifs is 1. The Hall–Kier alpha value is -1.92. The molecule has 0 unspecified atom stereocenters. The van der Waals surface area contributed by atoms with Crippen LogP contribution >= 0.6 is 7.60 Å². The summed E-state index contributed by atoms with van der Waals surface area (Å²) < 4.78 is 62.3. The average Bonchev–Trinajstić information content (AvgIpc) is 3.10. The Morgan fingerprint density at radius 2 is 1.81 bits per heavy atom. The number of methoxy groups -OCH3 is 1. The number of aromatic nitrogens is 4. The average molecular weight is 483 g/mol. The molecule has 32 heavy (non-hydrogen) atoms. The second-order valence-corrected chi connectivity index (χ2v) is 9.53. The van der Waals surface area contributed by atoms with Crippen LogP contribution in [-0.2, 0) is 24.1 Å². The fourth-order valence-corrected chi connectivity index (χ4v) is 3.11. The number of aliphatic hydroxyl groups excluding tert-OH is 1. The Morgan fingerprint density at radius 3 is 2.34 bits per heavy atom. The van der Waals surface area contributed by atoms with Gasteiger partial charge >= 0.3 is 7.60 Å². The van der Waals surface area contributed by atoms with Gasteiger partial charge in [-0.15, -0.1) is 0 Å². The Labute approximate surface area is 185 Å². The first-order chi connectivity index (χ1) is 14.6. The number of anilines is 1. The molecule has 11 nitrogen and oxygen atoms in total. The van der Waals surface area contributed by atoms with Crippen molar-refractivity contribution in [3.63, 3.8) is 0 Å². The van der Waals surface area contributed by atoms with E-state index in [1.54, 1.807) is 20.8 Å². The van der Waals surface area contributed by atoms with Crippen LogP contribution in [0.25, 0.3) is 11.2 Å². The van der Waals surface area contributed by atoms with Crippen molar-refractivity contribution in [1.29, 1.82) is 0 Å². The number of nitrogen functional groups attached to an aromatic ring is 1. The summed E-state index contributed by atoms with van der Waals surface area (Å²) in [7, 11) is -2.63. The SMILES string of the molecule is CC(C)O.CCOc1nc(N)nc2c1ncn2[C@](C)(F)CO[P@@](C)(=O)OC[C@@](C)(F)OC. The summed E-state index contributed by atoms with van der Waals surface area (Å²) in [5.74, 6) is -4.39. The zero-order valence-electron chi connectivity index (χ0n) is 19.3. The van der Waals surface area contributed by atoms with Crippen molar-refractivity contribution in [2.24, 2.45) is 0 Å². The van der Waals surface area contributed by atoms with Crippen LogP contribution in [-0.4, -0.2) is 70.2 Å². The highest BCUT2D eigenvalue weighted by atomic mass is 31.2. The van der Waals surface area contributed by atoms with Crippen LogP contribution in [0.2, 0.25) is 0 Å². The molecule has 0 aliphatic heterocycles. The lowest BCUT2D eigenvalue weighted by Crippen LogP contribution is -2.31. The summed E-state index contributed by atoms with van der Waals surface area (Å²) in [5.41, 5.74) is 5.94. The van der Waals surface area contributed by atoms with Crippen molar-refractivity contribution in [2.75, 3.05) is 39.3 Å². The number of nitrogens with zero attached hydrogens (tertiary/aromatic N) is 4. The van der Waals surface area contributed by atoms with Gasteiger partial charge in [0.2, 0.25) is 23.5 Å². The van der Waals surface area contributed by atoms with E-state index in [0.29, 0.717) is 6.61 Å². The third kappa shape index (κ3) is 8.55. The molecule has 2 rings (SSSR count). The molecule has 2 heterocycles. The molecule has 14 heteroatoms. The zero-order chi connectivity index (χ0) is 24.7. The Kier molecular flexibility index (Phi) is 9.91. The summed E-state index contributed by atoms with van der Waals surface area (Å²) in [4.78, 5) is 12.0. The topological polar surface area (TPSA) is 144 Å². The molecule has 3 atom stereocenters. The lowest BCUT2D eigenvalue weighted by molar-refractivity contribution is -0.131. The minimum Gasteiger partial charge on any atom is -0.476 e. The summed E-state index contributed by atoms with van der Waals surface area (Å²) in [5, 5.41) is 8.06. The van der Waals surface area contributed by atoms with Crippen molar-refractivity contribution < 1.29 is 37.0 Å². The minimum atomic E-state index is -3.77. The van der Waals surface area contributed by atoms with Gasteiger partial charge in [-0.2, -0.15) is 9.97 Å². The van der Waals surface area contributed by atoms with E-state index in [1.807, 2.05) is 0 Å². The fraction of sp³-hybridized carbons (Fsp3) is 0.722. The molecular formula is C18H32F2N5O6P. The van der Waals surface area contributed by atoms with Gasteiger partial charge < -0.3 is 29.4 Å². The number of imidazole rings is 1.